The number of carbonyl (C=O) groups excluding carboxylic acids is 1. The van der Waals surface area contributed by atoms with Gasteiger partial charge in [0.1, 0.15) is 5.82 Å². The van der Waals surface area contributed by atoms with Crippen molar-refractivity contribution >= 4 is 11.7 Å². The molecule has 1 aromatic heterocycles. The number of fused-ring (bicyclic) bond motifs is 1. The molecule has 1 N–H and O–H groups in total. The summed E-state index contributed by atoms with van der Waals surface area (Å²) < 4.78 is 0. The van der Waals surface area contributed by atoms with Gasteiger partial charge in [0.15, 0.2) is 0 Å². The normalized spacial score (nSPS) is 20.3. The fourth-order valence-electron chi connectivity index (χ4n) is 4.32. The van der Waals surface area contributed by atoms with E-state index in [4.69, 9.17) is 0 Å². The van der Waals surface area contributed by atoms with Gasteiger partial charge in [0, 0.05) is 38.9 Å². The Morgan fingerprint density at radius 3 is 2.52 bits per heavy atom. The maximum atomic E-state index is 12.0. The Hall–Kier alpha value is -2.40. The van der Waals surface area contributed by atoms with Gasteiger partial charge in [-0.05, 0) is 55.5 Å². The molecule has 0 spiro atoms. The van der Waals surface area contributed by atoms with Crippen molar-refractivity contribution in [3.8, 4) is 0 Å². The van der Waals surface area contributed by atoms with Crippen LogP contribution >= 0.6 is 0 Å². The minimum Gasteiger partial charge on any atom is -0.366 e. The first-order valence-corrected chi connectivity index (χ1v) is 9.85. The van der Waals surface area contributed by atoms with Crippen molar-refractivity contribution in [3.63, 3.8) is 0 Å². The van der Waals surface area contributed by atoms with Crippen molar-refractivity contribution in [2.45, 2.75) is 37.8 Å². The predicted octanol–water partition coefficient (Wildman–Crippen LogP) is 2.83. The third-order valence-corrected chi connectivity index (χ3v) is 5.77. The Labute approximate surface area is 161 Å². The number of nitrogens with zero attached hydrogens (tertiary/aromatic N) is 3. The number of piperidine rings is 1. The van der Waals surface area contributed by atoms with E-state index in [2.05, 4.69) is 39.5 Å². The summed E-state index contributed by atoms with van der Waals surface area (Å²) in [4.78, 5) is 20.7. The maximum Gasteiger partial charge on any atom is 0.254 e. The van der Waals surface area contributed by atoms with Crippen molar-refractivity contribution in [1.29, 1.82) is 0 Å². The van der Waals surface area contributed by atoms with E-state index in [1.165, 1.54) is 36.9 Å². The summed E-state index contributed by atoms with van der Waals surface area (Å²) in [5, 5.41) is 3.57. The summed E-state index contributed by atoms with van der Waals surface area (Å²) in [5.41, 5.74) is 3.65. The molecule has 2 aliphatic rings. The number of carbonyl (C=O) groups is 1. The monoisotopic (exact) mass is 364 g/mol. The molecular formula is C22H28N4O. The zero-order valence-corrected chi connectivity index (χ0v) is 16.2. The van der Waals surface area contributed by atoms with E-state index >= 15 is 0 Å². The summed E-state index contributed by atoms with van der Waals surface area (Å²) in [6, 6.07) is 13.7. The largest absolute Gasteiger partial charge is 0.366 e. The number of aromatic nitrogens is 1. The SMILES string of the molecule is CN(C)C(=O)c1ccc(N[C@H]2CCCN(C3Cc4ccccc4C3)C2)nc1. The zero-order chi connectivity index (χ0) is 18.8. The van der Waals surface area contributed by atoms with Crippen LogP contribution < -0.4 is 5.32 Å². The molecule has 1 amide bonds. The van der Waals surface area contributed by atoms with E-state index in [1.54, 1.807) is 25.2 Å². The number of hydrogen-bond acceptors (Lipinski definition) is 4. The first-order chi connectivity index (χ1) is 13.1. The lowest BCUT2D eigenvalue weighted by molar-refractivity contribution is 0.0827. The van der Waals surface area contributed by atoms with Gasteiger partial charge in [-0.3, -0.25) is 9.69 Å². The number of pyridine rings is 1. The standard InChI is InChI=1S/C22H28N4O/c1-25(2)22(27)18-9-10-21(23-14-18)24-19-8-5-11-26(15-19)20-12-16-6-3-4-7-17(16)13-20/h3-4,6-7,9-10,14,19-20H,5,8,11-13,15H2,1-2H3,(H,23,24)/t19-/m0/s1. The topological polar surface area (TPSA) is 48.5 Å². The second-order valence-corrected chi connectivity index (χ2v) is 7.94. The zero-order valence-electron chi connectivity index (χ0n) is 16.2. The van der Waals surface area contributed by atoms with Crippen LogP contribution in [0.5, 0.6) is 0 Å². The first kappa shape index (κ1) is 18.0. The molecule has 1 atom stereocenters. The Balaban J connectivity index is 1.36. The van der Waals surface area contributed by atoms with Gasteiger partial charge in [0.25, 0.3) is 5.91 Å². The number of amides is 1. The van der Waals surface area contributed by atoms with E-state index in [-0.39, 0.29) is 5.91 Å². The molecule has 1 aliphatic carbocycles. The summed E-state index contributed by atoms with van der Waals surface area (Å²) in [7, 11) is 3.51. The van der Waals surface area contributed by atoms with Crippen molar-refractivity contribution < 1.29 is 4.79 Å². The number of anilines is 1. The predicted molar refractivity (Wildman–Crippen MR) is 108 cm³/mol. The maximum absolute atomic E-state index is 12.0. The molecule has 0 unspecified atom stereocenters. The Kier molecular flexibility index (Phi) is 5.12. The van der Waals surface area contributed by atoms with Crippen LogP contribution in [0, 0.1) is 0 Å². The quantitative estimate of drug-likeness (QED) is 0.906. The van der Waals surface area contributed by atoms with E-state index < -0.39 is 0 Å². The third kappa shape index (κ3) is 3.98. The number of likely N-dealkylation sites (tertiary alicyclic amines) is 1. The van der Waals surface area contributed by atoms with Crippen molar-refractivity contribution in [2.75, 3.05) is 32.5 Å². The van der Waals surface area contributed by atoms with E-state index in [1.807, 2.05) is 12.1 Å². The molecule has 27 heavy (non-hydrogen) atoms. The smallest absolute Gasteiger partial charge is 0.254 e. The number of nitrogens with one attached hydrogen (secondary N) is 1. The van der Waals surface area contributed by atoms with Crippen molar-refractivity contribution in [1.82, 2.24) is 14.8 Å². The Morgan fingerprint density at radius 2 is 1.89 bits per heavy atom. The fraction of sp³-hybridized carbons (Fsp3) is 0.455. The highest BCUT2D eigenvalue weighted by Gasteiger charge is 2.30. The van der Waals surface area contributed by atoms with Crippen LogP contribution in [0.3, 0.4) is 0 Å². The van der Waals surface area contributed by atoms with Gasteiger partial charge < -0.3 is 10.2 Å². The Morgan fingerprint density at radius 1 is 1.15 bits per heavy atom. The lowest BCUT2D eigenvalue weighted by atomic mass is 10.0. The molecule has 142 valence electrons. The molecule has 4 rings (SSSR count). The van der Waals surface area contributed by atoms with Crippen LogP contribution in [-0.2, 0) is 12.8 Å². The van der Waals surface area contributed by atoms with Gasteiger partial charge in [-0.1, -0.05) is 24.3 Å². The molecule has 1 aliphatic heterocycles. The fourth-order valence-corrected chi connectivity index (χ4v) is 4.32. The number of hydrogen-bond donors (Lipinski definition) is 1. The second-order valence-electron chi connectivity index (χ2n) is 7.94. The number of benzene rings is 1. The molecule has 0 radical (unpaired) electrons. The van der Waals surface area contributed by atoms with Gasteiger partial charge in [0.05, 0.1) is 5.56 Å². The minimum atomic E-state index is -0.0151. The highest BCUT2D eigenvalue weighted by molar-refractivity contribution is 5.93. The van der Waals surface area contributed by atoms with E-state index in [9.17, 15) is 4.79 Å². The van der Waals surface area contributed by atoms with E-state index in [0.29, 0.717) is 17.6 Å². The molecule has 0 bridgehead atoms. The number of rotatable bonds is 4. The van der Waals surface area contributed by atoms with Gasteiger partial charge >= 0.3 is 0 Å². The van der Waals surface area contributed by atoms with Gasteiger partial charge in [-0.15, -0.1) is 0 Å². The molecule has 1 aromatic carbocycles. The molecule has 5 nitrogen and oxygen atoms in total. The minimum absolute atomic E-state index is 0.0151. The van der Waals surface area contributed by atoms with Crippen LogP contribution in [0.2, 0.25) is 0 Å². The molecule has 5 heteroatoms. The van der Waals surface area contributed by atoms with Crippen molar-refractivity contribution in [2.24, 2.45) is 0 Å². The third-order valence-electron chi connectivity index (χ3n) is 5.77. The average molecular weight is 364 g/mol. The average Bonchev–Trinajstić information content (AvgIpc) is 3.12. The molecule has 2 heterocycles. The first-order valence-electron chi connectivity index (χ1n) is 9.85. The van der Waals surface area contributed by atoms with Crippen LogP contribution in [0.4, 0.5) is 5.82 Å². The van der Waals surface area contributed by atoms with Crippen LogP contribution in [0.15, 0.2) is 42.6 Å². The van der Waals surface area contributed by atoms with Crippen molar-refractivity contribution in [3.05, 3.63) is 59.3 Å². The van der Waals surface area contributed by atoms with Gasteiger partial charge in [0.2, 0.25) is 0 Å². The van der Waals surface area contributed by atoms with E-state index in [0.717, 1.165) is 18.8 Å². The Bertz CT molecular complexity index is 777. The molecule has 0 saturated carbocycles. The summed E-state index contributed by atoms with van der Waals surface area (Å²) in [6.07, 6.45) is 6.38. The van der Waals surface area contributed by atoms with Crippen LogP contribution in [0.25, 0.3) is 0 Å². The summed E-state index contributed by atoms with van der Waals surface area (Å²) >= 11 is 0. The molecular weight excluding hydrogens is 336 g/mol. The summed E-state index contributed by atoms with van der Waals surface area (Å²) in [5.74, 6) is 0.838. The molecule has 1 fully saturated rings. The van der Waals surface area contributed by atoms with Gasteiger partial charge in [-0.25, -0.2) is 4.98 Å². The molecule has 2 aromatic rings. The summed E-state index contributed by atoms with van der Waals surface area (Å²) in [6.45, 7) is 2.24. The molecule has 1 saturated heterocycles. The van der Waals surface area contributed by atoms with Crippen LogP contribution in [-0.4, -0.2) is 60.0 Å². The lowest BCUT2D eigenvalue weighted by Gasteiger charge is -2.37. The highest BCUT2D eigenvalue weighted by atomic mass is 16.2. The highest BCUT2D eigenvalue weighted by Crippen LogP contribution is 2.28. The van der Waals surface area contributed by atoms with Gasteiger partial charge in [-0.2, -0.15) is 0 Å². The van der Waals surface area contributed by atoms with Crippen LogP contribution in [0.1, 0.15) is 34.3 Å². The lowest BCUT2D eigenvalue weighted by Crippen LogP contribution is -2.47. The second kappa shape index (κ2) is 7.69.